The third-order valence-electron chi connectivity index (χ3n) is 1.10. The van der Waals surface area contributed by atoms with E-state index in [-0.39, 0.29) is 0 Å². The number of rotatable bonds is 4. The van der Waals surface area contributed by atoms with E-state index < -0.39 is 31.4 Å². The fourth-order valence-corrected chi connectivity index (χ4v) is 0.393. The second kappa shape index (κ2) is 3.49. The van der Waals surface area contributed by atoms with Crippen molar-refractivity contribution >= 4 is 0 Å². The van der Waals surface area contributed by atoms with E-state index in [1.165, 1.54) is 0 Å². The van der Waals surface area contributed by atoms with Gasteiger partial charge in [0.1, 0.15) is 6.67 Å². The van der Waals surface area contributed by atoms with Crippen LogP contribution in [0.15, 0.2) is 0 Å². The van der Waals surface area contributed by atoms with Gasteiger partial charge in [0.05, 0.1) is 6.42 Å². The maximum Gasteiger partial charge on any atom is 0.369 e. The second-order valence-electron chi connectivity index (χ2n) is 1.99. The first-order valence-corrected chi connectivity index (χ1v) is 2.71. The molecule has 12 heavy (non-hydrogen) atoms. The average Bonchev–Trinajstić information content (AvgIpc) is 1.86. The van der Waals surface area contributed by atoms with Crippen LogP contribution < -0.4 is 0 Å². The van der Waals surface area contributed by atoms with Crippen LogP contribution in [0.3, 0.4) is 0 Å². The van der Waals surface area contributed by atoms with Gasteiger partial charge in [-0.25, -0.2) is 13.2 Å². The summed E-state index contributed by atoms with van der Waals surface area (Å²) in [5, 5.41) is 0. The molecule has 0 saturated heterocycles. The minimum absolute atomic E-state index is 0.781. The average molecular weight is 197 g/mol. The third kappa shape index (κ3) is 2.01. The molecule has 0 aromatic carbocycles. The van der Waals surface area contributed by atoms with Gasteiger partial charge in [-0.05, 0) is 0 Å². The highest BCUT2D eigenvalue weighted by molar-refractivity contribution is 4.88. The molecule has 0 amide bonds. The van der Waals surface area contributed by atoms with Crippen LogP contribution in [0.5, 0.6) is 0 Å². The van der Waals surface area contributed by atoms with E-state index in [0.717, 1.165) is 0 Å². The van der Waals surface area contributed by atoms with E-state index in [9.17, 15) is 30.7 Å². The predicted molar refractivity (Wildman–Crippen MR) is 25.9 cm³/mol. The summed E-state index contributed by atoms with van der Waals surface area (Å²) in [4.78, 5) is 0. The lowest BCUT2D eigenvalue weighted by molar-refractivity contribution is -0.264. The van der Waals surface area contributed by atoms with Gasteiger partial charge in [-0.1, -0.05) is 0 Å². The Balaban J connectivity index is 4.50. The summed E-state index contributed by atoms with van der Waals surface area (Å²) in [6, 6.07) is 0. The lowest BCUT2D eigenvalue weighted by Crippen LogP contribution is -2.46. The minimum Gasteiger partial charge on any atom is -0.244 e. The summed E-state index contributed by atoms with van der Waals surface area (Å²) < 4.78 is 81.2. The Hall–Kier alpha value is -0.490. The van der Waals surface area contributed by atoms with Crippen LogP contribution in [0, 0.1) is 6.67 Å². The van der Waals surface area contributed by atoms with Gasteiger partial charge < -0.3 is 0 Å². The standard InChI is InChI=1S/C5H4F7/c6-2-1-4(9,10)5(11,12)3(7)8/h2-3H,1H2. The molecule has 0 bridgehead atoms. The fourth-order valence-electron chi connectivity index (χ4n) is 0.393. The molecule has 0 rings (SSSR count). The van der Waals surface area contributed by atoms with Gasteiger partial charge >= 0.3 is 18.3 Å². The van der Waals surface area contributed by atoms with Crippen LogP contribution in [0.25, 0.3) is 0 Å². The van der Waals surface area contributed by atoms with Crippen molar-refractivity contribution in [1.29, 1.82) is 0 Å². The Morgan fingerprint density at radius 2 is 1.50 bits per heavy atom. The smallest absolute Gasteiger partial charge is 0.244 e. The van der Waals surface area contributed by atoms with Gasteiger partial charge in [0, 0.05) is 0 Å². The molecular weight excluding hydrogens is 193 g/mol. The summed E-state index contributed by atoms with van der Waals surface area (Å²) in [6.07, 6.45) is -6.53. The van der Waals surface area contributed by atoms with Crippen molar-refractivity contribution in [1.82, 2.24) is 0 Å². The first-order valence-electron chi connectivity index (χ1n) is 2.71. The van der Waals surface area contributed by atoms with Crippen LogP contribution in [-0.2, 0) is 0 Å². The van der Waals surface area contributed by atoms with Gasteiger partial charge in [-0.3, -0.25) is 0 Å². The van der Waals surface area contributed by atoms with E-state index in [1.54, 1.807) is 0 Å². The maximum atomic E-state index is 12.0. The van der Waals surface area contributed by atoms with Gasteiger partial charge in [0.15, 0.2) is 0 Å². The quantitative estimate of drug-likeness (QED) is 0.607. The highest BCUT2D eigenvalue weighted by Gasteiger charge is 2.62. The van der Waals surface area contributed by atoms with Crippen LogP contribution in [-0.4, -0.2) is 18.3 Å². The van der Waals surface area contributed by atoms with Crippen LogP contribution in [0.2, 0.25) is 0 Å². The molecule has 0 spiro atoms. The molecule has 0 aliphatic carbocycles. The lowest BCUT2D eigenvalue weighted by atomic mass is 10.1. The molecule has 0 aromatic heterocycles. The summed E-state index contributed by atoms with van der Waals surface area (Å²) in [6.45, 7) is -0.781. The van der Waals surface area contributed by atoms with Crippen molar-refractivity contribution in [2.45, 2.75) is 24.7 Å². The number of hydrogen-bond acceptors (Lipinski definition) is 0. The zero-order valence-electron chi connectivity index (χ0n) is 5.51. The molecule has 0 fully saturated rings. The normalized spacial score (nSPS) is 14.0. The Kier molecular flexibility index (Phi) is 3.34. The Morgan fingerprint density at radius 1 is 1.08 bits per heavy atom. The second-order valence-corrected chi connectivity index (χ2v) is 1.99. The molecule has 0 nitrogen and oxygen atoms in total. The fraction of sp³-hybridized carbons (Fsp3) is 0.800. The molecule has 1 radical (unpaired) electrons. The van der Waals surface area contributed by atoms with E-state index in [0.29, 0.717) is 0 Å². The molecule has 0 unspecified atom stereocenters. The maximum absolute atomic E-state index is 12.0. The van der Waals surface area contributed by atoms with Gasteiger partial charge in [0.2, 0.25) is 0 Å². The first-order chi connectivity index (χ1) is 5.25. The van der Waals surface area contributed by atoms with Gasteiger partial charge in [0.25, 0.3) is 0 Å². The molecule has 7 heteroatoms. The lowest BCUT2D eigenvalue weighted by Gasteiger charge is -2.24. The van der Waals surface area contributed by atoms with Crippen molar-refractivity contribution in [2.24, 2.45) is 0 Å². The van der Waals surface area contributed by atoms with Crippen molar-refractivity contribution in [2.75, 3.05) is 0 Å². The van der Waals surface area contributed by atoms with E-state index in [4.69, 9.17) is 0 Å². The van der Waals surface area contributed by atoms with Crippen molar-refractivity contribution in [3.8, 4) is 0 Å². The van der Waals surface area contributed by atoms with E-state index in [2.05, 4.69) is 0 Å². The molecule has 0 atom stereocenters. The molecule has 73 valence electrons. The van der Waals surface area contributed by atoms with Crippen LogP contribution in [0.1, 0.15) is 6.42 Å². The zero-order valence-corrected chi connectivity index (χ0v) is 5.51. The predicted octanol–water partition coefficient (Wildman–Crippen LogP) is 3.04. The molecule has 0 heterocycles. The molecule has 0 saturated carbocycles. The zero-order chi connectivity index (χ0) is 9.99. The summed E-state index contributed by atoms with van der Waals surface area (Å²) in [7, 11) is 0. The van der Waals surface area contributed by atoms with Gasteiger partial charge in [-0.2, -0.15) is 17.6 Å². The van der Waals surface area contributed by atoms with Gasteiger partial charge in [-0.15, -0.1) is 0 Å². The summed E-state index contributed by atoms with van der Waals surface area (Å²) >= 11 is 0. The summed E-state index contributed by atoms with van der Waals surface area (Å²) in [5.74, 6) is -10.5. The molecular formula is C5H4F7. The Bertz CT molecular complexity index is 141. The Morgan fingerprint density at radius 3 is 1.75 bits per heavy atom. The van der Waals surface area contributed by atoms with Crippen molar-refractivity contribution in [3.63, 3.8) is 0 Å². The molecule has 0 aliphatic heterocycles. The molecule has 0 aromatic rings. The topological polar surface area (TPSA) is 0 Å². The summed E-state index contributed by atoms with van der Waals surface area (Å²) in [5.41, 5.74) is 0. The number of hydrogen-bond donors (Lipinski definition) is 0. The molecule has 0 N–H and O–H groups in total. The van der Waals surface area contributed by atoms with Crippen LogP contribution in [0.4, 0.5) is 30.7 Å². The van der Waals surface area contributed by atoms with E-state index >= 15 is 0 Å². The van der Waals surface area contributed by atoms with Crippen molar-refractivity contribution < 1.29 is 30.7 Å². The number of alkyl halides is 6. The minimum atomic E-state index is -5.49. The highest BCUT2D eigenvalue weighted by atomic mass is 19.3. The van der Waals surface area contributed by atoms with Crippen LogP contribution >= 0.6 is 0 Å². The first kappa shape index (κ1) is 11.5. The van der Waals surface area contributed by atoms with E-state index in [1.807, 2.05) is 0 Å². The monoisotopic (exact) mass is 197 g/mol. The highest BCUT2D eigenvalue weighted by Crippen LogP contribution is 2.41. The molecule has 0 aliphatic rings. The number of halogens is 7. The largest absolute Gasteiger partial charge is 0.369 e. The van der Waals surface area contributed by atoms with Crippen molar-refractivity contribution in [3.05, 3.63) is 6.67 Å². The Labute approximate surface area is 63.4 Å². The third-order valence-corrected chi connectivity index (χ3v) is 1.10. The SMILES string of the molecule is F[CH]CC(F)(F)C(F)(F)C(F)F.